The van der Waals surface area contributed by atoms with E-state index < -0.39 is 5.97 Å². The Morgan fingerprint density at radius 2 is 1.96 bits per heavy atom. The third-order valence-electron chi connectivity index (χ3n) is 3.73. The Balaban J connectivity index is 2.16. The van der Waals surface area contributed by atoms with E-state index >= 15 is 0 Å². The molecule has 3 aromatic rings. The molecule has 0 radical (unpaired) electrons. The monoisotopic (exact) mass is 389 g/mol. The average molecular weight is 390 g/mol. The van der Waals surface area contributed by atoms with Crippen molar-refractivity contribution in [2.45, 2.75) is 20.3 Å². The van der Waals surface area contributed by atoms with Gasteiger partial charge in [0.1, 0.15) is 0 Å². The Labute approximate surface area is 161 Å². The molecule has 0 aliphatic carbocycles. The van der Waals surface area contributed by atoms with E-state index in [9.17, 15) is 4.79 Å². The van der Waals surface area contributed by atoms with Gasteiger partial charge in [-0.2, -0.15) is 5.10 Å². The van der Waals surface area contributed by atoms with Crippen LogP contribution in [0.5, 0.6) is 0 Å². The summed E-state index contributed by atoms with van der Waals surface area (Å²) in [5.74, 6) is -0.435. The fourth-order valence-electron chi connectivity index (χ4n) is 2.62. The minimum Gasteiger partial charge on any atom is -0.462 e. The number of aromatic nitrogens is 3. The molecule has 1 aromatic carbocycles. The molecule has 2 aromatic heterocycles. The molecule has 0 saturated carbocycles. The second kappa shape index (κ2) is 7.48. The minimum absolute atomic E-state index is 0.347. The molecule has 7 heteroatoms. The third kappa shape index (κ3) is 3.59. The molecule has 0 aliphatic heterocycles. The van der Waals surface area contributed by atoms with E-state index in [1.807, 2.05) is 13.8 Å². The standard InChI is InChI=1S/C19H17Cl2N3O2/c1-4-5-26-19(25)15-9-22-24-10-16(23-18(24)17(15)11(2)3)12-6-13(20)8-14(21)7-12/h6-10H,2,4-5H2,1,3H3. The van der Waals surface area contributed by atoms with Crippen molar-refractivity contribution in [1.29, 1.82) is 0 Å². The van der Waals surface area contributed by atoms with Gasteiger partial charge >= 0.3 is 5.97 Å². The van der Waals surface area contributed by atoms with E-state index in [0.29, 0.717) is 44.7 Å². The average Bonchev–Trinajstić information content (AvgIpc) is 3.01. The summed E-state index contributed by atoms with van der Waals surface area (Å²) < 4.78 is 6.85. The van der Waals surface area contributed by atoms with Crippen molar-refractivity contribution in [2.75, 3.05) is 6.61 Å². The number of imidazole rings is 1. The number of allylic oxidation sites excluding steroid dienone is 1. The molecule has 2 heterocycles. The molecule has 134 valence electrons. The summed E-state index contributed by atoms with van der Waals surface area (Å²) in [5.41, 5.74) is 3.58. The zero-order valence-corrected chi connectivity index (χ0v) is 15.9. The van der Waals surface area contributed by atoms with Crippen molar-refractivity contribution in [3.05, 3.63) is 58.3 Å². The van der Waals surface area contributed by atoms with Crippen molar-refractivity contribution in [3.63, 3.8) is 0 Å². The van der Waals surface area contributed by atoms with E-state index in [0.717, 1.165) is 12.0 Å². The zero-order valence-electron chi connectivity index (χ0n) is 14.4. The first-order valence-corrected chi connectivity index (χ1v) is 8.84. The van der Waals surface area contributed by atoms with E-state index in [-0.39, 0.29) is 0 Å². The van der Waals surface area contributed by atoms with Crippen molar-refractivity contribution >= 4 is 40.4 Å². The summed E-state index contributed by atoms with van der Waals surface area (Å²) >= 11 is 12.2. The zero-order chi connectivity index (χ0) is 18.8. The maximum atomic E-state index is 12.4. The Hall–Kier alpha value is -2.37. The van der Waals surface area contributed by atoms with Gasteiger partial charge in [-0.25, -0.2) is 14.3 Å². The smallest absolute Gasteiger partial charge is 0.340 e. The number of halogens is 2. The summed E-state index contributed by atoms with van der Waals surface area (Å²) in [5, 5.41) is 5.32. The number of rotatable bonds is 5. The van der Waals surface area contributed by atoms with E-state index in [4.69, 9.17) is 27.9 Å². The number of carbonyl (C=O) groups excluding carboxylic acids is 1. The molecule has 0 saturated heterocycles. The lowest BCUT2D eigenvalue weighted by Crippen LogP contribution is -2.11. The Morgan fingerprint density at radius 1 is 1.27 bits per heavy atom. The molecule has 0 spiro atoms. The highest BCUT2D eigenvalue weighted by atomic mass is 35.5. The molecule has 0 amide bonds. The Morgan fingerprint density at radius 3 is 2.58 bits per heavy atom. The van der Waals surface area contributed by atoms with Crippen LogP contribution in [0, 0.1) is 0 Å². The van der Waals surface area contributed by atoms with Crippen LogP contribution < -0.4 is 0 Å². The summed E-state index contributed by atoms with van der Waals surface area (Å²) in [7, 11) is 0. The topological polar surface area (TPSA) is 56.5 Å². The van der Waals surface area contributed by atoms with Gasteiger partial charge in [-0.15, -0.1) is 0 Å². The van der Waals surface area contributed by atoms with Crippen molar-refractivity contribution in [2.24, 2.45) is 0 Å². The van der Waals surface area contributed by atoms with Crippen LogP contribution >= 0.6 is 23.2 Å². The van der Waals surface area contributed by atoms with Gasteiger partial charge in [0.05, 0.1) is 30.3 Å². The number of hydrogen-bond donors (Lipinski definition) is 0. The van der Waals surface area contributed by atoms with Gasteiger partial charge in [0.15, 0.2) is 5.65 Å². The van der Waals surface area contributed by atoms with Crippen molar-refractivity contribution < 1.29 is 9.53 Å². The highest BCUT2D eigenvalue weighted by Crippen LogP contribution is 2.29. The summed E-state index contributed by atoms with van der Waals surface area (Å²) in [6.07, 6.45) is 3.98. The molecule has 5 nitrogen and oxygen atoms in total. The predicted octanol–water partition coefficient (Wildman–Crippen LogP) is 5.30. The van der Waals surface area contributed by atoms with Crippen LogP contribution in [0.25, 0.3) is 22.5 Å². The van der Waals surface area contributed by atoms with Crippen LogP contribution in [-0.2, 0) is 4.74 Å². The molecule has 0 N–H and O–H groups in total. The lowest BCUT2D eigenvalue weighted by Gasteiger charge is -2.09. The summed E-state index contributed by atoms with van der Waals surface area (Å²) in [6.45, 7) is 8.08. The van der Waals surface area contributed by atoms with Gasteiger partial charge in [-0.3, -0.25) is 0 Å². The van der Waals surface area contributed by atoms with E-state index in [2.05, 4.69) is 16.7 Å². The van der Waals surface area contributed by atoms with Gasteiger partial charge in [0.25, 0.3) is 0 Å². The number of benzene rings is 1. The third-order valence-corrected chi connectivity index (χ3v) is 4.17. The van der Waals surface area contributed by atoms with Gasteiger partial charge in [0.2, 0.25) is 0 Å². The maximum absolute atomic E-state index is 12.4. The lowest BCUT2D eigenvalue weighted by atomic mass is 10.1. The van der Waals surface area contributed by atoms with E-state index in [1.165, 1.54) is 6.20 Å². The summed E-state index contributed by atoms with van der Waals surface area (Å²) in [6, 6.07) is 5.19. The first-order chi connectivity index (χ1) is 12.4. The molecule has 0 bridgehead atoms. The first kappa shape index (κ1) is 18.4. The highest BCUT2D eigenvalue weighted by Gasteiger charge is 2.20. The molecular formula is C19H17Cl2N3O2. The normalized spacial score (nSPS) is 10.9. The van der Waals surface area contributed by atoms with Crippen LogP contribution in [0.3, 0.4) is 0 Å². The molecule has 0 fully saturated rings. The van der Waals surface area contributed by atoms with Crippen LogP contribution in [-0.4, -0.2) is 27.2 Å². The van der Waals surface area contributed by atoms with Gasteiger partial charge < -0.3 is 4.74 Å². The first-order valence-electron chi connectivity index (χ1n) is 8.08. The van der Waals surface area contributed by atoms with Crippen LogP contribution in [0.15, 0.2) is 37.2 Å². The fraction of sp³-hybridized carbons (Fsp3) is 0.211. The Bertz CT molecular complexity index is 991. The number of carbonyl (C=O) groups is 1. The number of fused-ring (bicyclic) bond motifs is 1. The number of nitrogens with zero attached hydrogens (tertiary/aromatic N) is 3. The minimum atomic E-state index is -0.435. The number of esters is 1. The van der Waals surface area contributed by atoms with Crippen molar-refractivity contribution in [1.82, 2.24) is 14.6 Å². The SMILES string of the molecule is C=C(C)c1c(C(=O)OCCC)cnn2cc(-c3cc(Cl)cc(Cl)c3)nc12. The largest absolute Gasteiger partial charge is 0.462 e. The second-order valence-electron chi connectivity index (χ2n) is 5.90. The fourth-order valence-corrected chi connectivity index (χ4v) is 3.15. The highest BCUT2D eigenvalue weighted by molar-refractivity contribution is 6.35. The Kier molecular flexibility index (Phi) is 5.30. The molecular weight excluding hydrogens is 373 g/mol. The molecule has 0 aliphatic rings. The van der Waals surface area contributed by atoms with Crippen LogP contribution in [0.2, 0.25) is 10.0 Å². The molecule has 0 atom stereocenters. The van der Waals surface area contributed by atoms with Gasteiger partial charge in [-0.1, -0.05) is 36.7 Å². The molecule has 26 heavy (non-hydrogen) atoms. The lowest BCUT2D eigenvalue weighted by molar-refractivity contribution is 0.0504. The van der Waals surface area contributed by atoms with Crippen molar-refractivity contribution in [3.8, 4) is 11.3 Å². The van der Waals surface area contributed by atoms with Crippen LogP contribution in [0.4, 0.5) is 0 Å². The van der Waals surface area contributed by atoms with Gasteiger partial charge in [0, 0.05) is 21.2 Å². The second-order valence-corrected chi connectivity index (χ2v) is 6.77. The molecule has 0 unspecified atom stereocenters. The van der Waals surface area contributed by atoms with Crippen LogP contribution in [0.1, 0.15) is 36.2 Å². The number of ether oxygens (including phenoxy) is 1. The molecule has 3 rings (SSSR count). The summed E-state index contributed by atoms with van der Waals surface area (Å²) in [4.78, 5) is 17.0. The maximum Gasteiger partial charge on any atom is 0.340 e. The van der Waals surface area contributed by atoms with Gasteiger partial charge in [-0.05, 0) is 37.1 Å². The quantitative estimate of drug-likeness (QED) is 0.555. The van der Waals surface area contributed by atoms with E-state index in [1.54, 1.807) is 28.9 Å². The number of hydrogen-bond acceptors (Lipinski definition) is 4. The predicted molar refractivity (Wildman–Crippen MR) is 104 cm³/mol.